The maximum atomic E-state index is 10.1. The van der Waals surface area contributed by atoms with Gasteiger partial charge in [-0.1, -0.05) is 57.2 Å². The van der Waals surface area contributed by atoms with Crippen molar-refractivity contribution in [3.63, 3.8) is 0 Å². The standard InChI is InChI=1S/C28H21N5/c1-28(2,3)21-9-10-23-22-6-4-5-7-25(22)33(26(23)13-21)24-11-8-18(12-19(24)14-29)20-16-31-27(15-30)32-17-20/h4-13,16-17H,1-3H3. The average molecular weight is 428 g/mol. The van der Waals surface area contributed by atoms with E-state index in [1.54, 1.807) is 12.4 Å². The average Bonchev–Trinajstić information content (AvgIpc) is 3.17. The molecule has 2 heterocycles. The van der Waals surface area contributed by atoms with Gasteiger partial charge < -0.3 is 4.57 Å². The van der Waals surface area contributed by atoms with Gasteiger partial charge in [0, 0.05) is 28.7 Å². The molecule has 0 fully saturated rings. The number of rotatable bonds is 2. The molecule has 33 heavy (non-hydrogen) atoms. The Kier molecular flexibility index (Phi) is 4.69. The summed E-state index contributed by atoms with van der Waals surface area (Å²) in [4.78, 5) is 8.11. The van der Waals surface area contributed by atoms with Crippen molar-refractivity contribution in [2.45, 2.75) is 26.2 Å². The minimum atomic E-state index is 0.00692. The molecule has 5 rings (SSSR count). The minimum Gasteiger partial charge on any atom is -0.308 e. The molecule has 0 aliphatic carbocycles. The number of fused-ring (bicyclic) bond motifs is 3. The quantitative estimate of drug-likeness (QED) is 0.332. The molecule has 0 atom stereocenters. The Balaban J connectivity index is 1.77. The van der Waals surface area contributed by atoms with E-state index in [2.05, 4.69) is 71.7 Å². The highest BCUT2D eigenvalue weighted by atomic mass is 15.0. The highest BCUT2D eigenvalue weighted by Crippen LogP contribution is 2.36. The van der Waals surface area contributed by atoms with E-state index in [9.17, 15) is 5.26 Å². The highest BCUT2D eigenvalue weighted by molar-refractivity contribution is 6.09. The van der Waals surface area contributed by atoms with Crippen molar-refractivity contribution in [3.8, 4) is 29.0 Å². The molecule has 0 unspecified atom stereocenters. The van der Waals surface area contributed by atoms with Crippen LogP contribution in [0.2, 0.25) is 0 Å². The fourth-order valence-corrected chi connectivity index (χ4v) is 4.23. The lowest BCUT2D eigenvalue weighted by Gasteiger charge is -2.19. The van der Waals surface area contributed by atoms with Gasteiger partial charge in [-0.2, -0.15) is 10.5 Å². The Morgan fingerprint density at radius 1 is 0.758 bits per heavy atom. The van der Waals surface area contributed by atoms with Gasteiger partial charge in [-0.25, -0.2) is 9.97 Å². The molecule has 3 aromatic carbocycles. The van der Waals surface area contributed by atoms with Crippen molar-refractivity contribution < 1.29 is 0 Å². The molecule has 0 aliphatic rings. The van der Waals surface area contributed by atoms with Gasteiger partial charge >= 0.3 is 0 Å². The van der Waals surface area contributed by atoms with E-state index >= 15 is 0 Å². The first-order valence-corrected chi connectivity index (χ1v) is 10.7. The Bertz CT molecular complexity index is 1600. The summed E-state index contributed by atoms with van der Waals surface area (Å²) in [5.74, 6) is 0.121. The Morgan fingerprint density at radius 2 is 1.48 bits per heavy atom. The lowest BCUT2D eigenvalue weighted by atomic mass is 9.86. The van der Waals surface area contributed by atoms with Crippen LogP contribution in [0.3, 0.4) is 0 Å². The molecule has 5 aromatic rings. The molecule has 0 spiro atoms. The predicted octanol–water partition coefficient (Wildman–Crippen LogP) is 6.28. The van der Waals surface area contributed by atoms with Crippen molar-refractivity contribution in [3.05, 3.63) is 90.0 Å². The summed E-state index contributed by atoms with van der Waals surface area (Å²) in [6.07, 6.45) is 3.22. The van der Waals surface area contributed by atoms with Crippen molar-refractivity contribution >= 4 is 21.8 Å². The van der Waals surface area contributed by atoms with E-state index in [1.807, 2.05) is 36.4 Å². The molecule has 0 radical (unpaired) electrons. The van der Waals surface area contributed by atoms with Crippen LogP contribution in [0.5, 0.6) is 0 Å². The van der Waals surface area contributed by atoms with Gasteiger partial charge in [-0.05, 0) is 40.8 Å². The smallest absolute Gasteiger partial charge is 0.232 e. The van der Waals surface area contributed by atoms with Gasteiger partial charge in [0.25, 0.3) is 0 Å². The number of benzene rings is 3. The van der Waals surface area contributed by atoms with Gasteiger partial charge in [0.15, 0.2) is 0 Å². The van der Waals surface area contributed by atoms with Crippen molar-refractivity contribution in [1.29, 1.82) is 10.5 Å². The van der Waals surface area contributed by atoms with Gasteiger partial charge in [-0.15, -0.1) is 0 Å². The van der Waals surface area contributed by atoms with Crippen LogP contribution < -0.4 is 0 Å². The summed E-state index contributed by atoms with van der Waals surface area (Å²) in [7, 11) is 0. The normalized spacial score (nSPS) is 11.4. The van der Waals surface area contributed by atoms with E-state index in [-0.39, 0.29) is 11.2 Å². The van der Waals surface area contributed by atoms with E-state index in [4.69, 9.17) is 5.26 Å². The minimum absolute atomic E-state index is 0.00692. The van der Waals surface area contributed by atoms with Crippen LogP contribution in [-0.4, -0.2) is 14.5 Å². The molecule has 5 heteroatoms. The summed E-state index contributed by atoms with van der Waals surface area (Å²) >= 11 is 0. The first kappa shape index (κ1) is 20.4. The number of aromatic nitrogens is 3. The molecule has 0 amide bonds. The topological polar surface area (TPSA) is 78.3 Å². The Hall–Kier alpha value is -4.48. The lowest BCUT2D eigenvalue weighted by molar-refractivity contribution is 0.591. The van der Waals surface area contributed by atoms with Crippen LogP contribution in [-0.2, 0) is 5.41 Å². The highest BCUT2D eigenvalue weighted by Gasteiger charge is 2.19. The number of hydrogen-bond donors (Lipinski definition) is 0. The first-order valence-electron chi connectivity index (χ1n) is 10.7. The molecule has 0 N–H and O–H groups in total. The first-order chi connectivity index (χ1) is 15.9. The molecule has 0 bridgehead atoms. The maximum Gasteiger partial charge on any atom is 0.232 e. The molecular formula is C28H21N5. The fraction of sp³-hybridized carbons (Fsp3) is 0.143. The zero-order valence-electron chi connectivity index (χ0n) is 18.7. The SMILES string of the molecule is CC(C)(C)c1ccc2c3ccccc3n(-c3ccc(-c4cnc(C#N)nc4)cc3C#N)c2c1. The zero-order chi connectivity index (χ0) is 23.2. The lowest BCUT2D eigenvalue weighted by Crippen LogP contribution is -2.11. The second-order valence-electron chi connectivity index (χ2n) is 9.09. The number of nitrogens with zero attached hydrogens (tertiary/aromatic N) is 5. The Labute approximate surface area is 192 Å². The third-order valence-corrected chi connectivity index (χ3v) is 5.98. The van der Waals surface area contributed by atoms with E-state index in [1.165, 1.54) is 5.56 Å². The van der Waals surface area contributed by atoms with Crippen LogP contribution in [0.1, 0.15) is 37.7 Å². The number of nitriles is 2. The predicted molar refractivity (Wildman–Crippen MR) is 130 cm³/mol. The van der Waals surface area contributed by atoms with Crippen molar-refractivity contribution in [2.75, 3.05) is 0 Å². The molecular weight excluding hydrogens is 406 g/mol. The summed E-state index contributed by atoms with van der Waals surface area (Å²) in [5.41, 5.74) is 6.36. The maximum absolute atomic E-state index is 10.1. The van der Waals surface area contributed by atoms with Gasteiger partial charge in [0.2, 0.25) is 5.82 Å². The summed E-state index contributed by atoms with van der Waals surface area (Å²) in [6.45, 7) is 6.61. The second kappa shape index (κ2) is 7.58. The third-order valence-electron chi connectivity index (χ3n) is 5.98. The van der Waals surface area contributed by atoms with E-state index < -0.39 is 0 Å². The van der Waals surface area contributed by atoms with Gasteiger partial charge in [0.1, 0.15) is 12.1 Å². The van der Waals surface area contributed by atoms with Crippen molar-refractivity contribution in [2.24, 2.45) is 0 Å². The van der Waals surface area contributed by atoms with Crippen LogP contribution in [0, 0.1) is 22.7 Å². The van der Waals surface area contributed by atoms with Crippen molar-refractivity contribution in [1.82, 2.24) is 14.5 Å². The summed E-state index contributed by atoms with van der Waals surface area (Å²) in [5, 5.41) is 21.3. The third kappa shape index (κ3) is 3.41. The van der Waals surface area contributed by atoms with E-state index in [0.717, 1.165) is 38.6 Å². The Morgan fingerprint density at radius 3 is 2.18 bits per heavy atom. The van der Waals surface area contributed by atoms with Crippen LogP contribution in [0.15, 0.2) is 73.1 Å². The van der Waals surface area contributed by atoms with Crippen LogP contribution >= 0.6 is 0 Å². The molecule has 0 saturated carbocycles. The molecule has 2 aromatic heterocycles. The molecule has 5 nitrogen and oxygen atoms in total. The largest absolute Gasteiger partial charge is 0.308 e. The zero-order valence-corrected chi connectivity index (χ0v) is 18.7. The second-order valence-corrected chi connectivity index (χ2v) is 9.09. The van der Waals surface area contributed by atoms with E-state index in [0.29, 0.717) is 5.56 Å². The number of para-hydroxylation sites is 1. The number of hydrogen-bond acceptors (Lipinski definition) is 4. The van der Waals surface area contributed by atoms with Gasteiger partial charge in [0.05, 0.1) is 22.3 Å². The molecule has 0 saturated heterocycles. The monoisotopic (exact) mass is 427 g/mol. The molecule has 158 valence electrons. The van der Waals surface area contributed by atoms with Crippen LogP contribution in [0.25, 0.3) is 38.6 Å². The van der Waals surface area contributed by atoms with Gasteiger partial charge in [-0.3, -0.25) is 0 Å². The summed E-state index contributed by atoms with van der Waals surface area (Å²) < 4.78 is 2.18. The summed E-state index contributed by atoms with van der Waals surface area (Å²) in [6, 6.07) is 25.0. The fourth-order valence-electron chi connectivity index (χ4n) is 4.23. The molecule has 0 aliphatic heterocycles. The van der Waals surface area contributed by atoms with Crippen LogP contribution in [0.4, 0.5) is 0 Å².